The van der Waals surface area contributed by atoms with E-state index < -0.39 is 10.0 Å². The first-order chi connectivity index (χ1) is 6.58. The van der Waals surface area contributed by atoms with Gasteiger partial charge in [0.25, 0.3) is 0 Å². The summed E-state index contributed by atoms with van der Waals surface area (Å²) < 4.78 is 23.8. The zero-order valence-corrected chi connectivity index (χ0v) is 8.37. The number of anilines is 1. The van der Waals surface area contributed by atoms with E-state index in [9.17, 15) is 8.42 Å². The molecule has 5 nitrogen and oxygen atoms in total. The van der Waals surface area contributed by atoms with Crippen LogP contribution in [0.5, 0.6) is 0 Å². The Bertz CT molecular complexity index is 444. The Hall–Kier alpha value is -1.14. The van der Waals surface area contributed by atoms with Gasteiger partial charge >= 0.3 is 0 Å². The molecule has 0 radical (unpaired) electrons. The van der Waals surface area contributed by atoms with Crippen molar-refractivity contribution in [1.82, 2.24) is 9.29 Å². The predicted octanol–water partition coefficient (Wildman–Crippen LogP) is -0.191. The van der Waals surface area contributed by atoms with E-state index in [2.05, 4.69) is 4.98 Å². The number of sulfonamides is 1. The van der Waals surface area contributed by atoms with E-state index in [4.69, 9.17) is 5.73 Å². The van der Waals surface area contributed by atoms with Crippen molar-refractivity contribution in [3.63, 3.8) is 0 Å². The molecule has 0 aromatic carbocycles. The quantitative estimate of drug-likeness (QED) is 0.738. The molecule has 6 heteroatoms. The van der Waals surface area contributed by atoms with E-state index >= 15 is 0 Å². The highest BCUT2D eigenvalue weighted by atomic mass is 32.2. The van der Waals surface area contributed by atoms with Crippen LogP contribution in [0.25, 0.3) is 0 Å². The first kappa shape index (κ1) is 9.42. The zero-order chi connectivity index (χ0) is 10.2. The summed E-state index contributed by atoms with van der Waals surface area (Å²) in [5.41, 5.74) is 6.36. The van der Waals surface area contributed by atoms with Gasteiger partial charge in [-0.3, -0.25) is 0 Å². The van der Waals surface area contributed by atoms with Crippen molar-refractivity contribution in [2.75, 3.05) is 18.0 Å². The van der Waals surface area contributed by atoms with Crippen molar-refractivity contribution in [1.29, 1.82) is 0 Å². The van der Waals surface area contributed by atoms with Crippen LogP contribution in [0.3, 0.4) is 0 Å². The summed E-state index contributed by atoms with van der Waals surface area (Å²) in [5, 5.41) is 0. The normalized spacial score (nSPS) is 20.3. The SMILES string of the molecule is Nc1cc(CN2CCS2(=O)=O)ccn1. The molecular formula is C8H11N3O2S. The number of hydrogen-bond acceptors (Lipinski definition) is 4. The minimum atomic E-state index is -2.96. The molecule has 0 bridgehead atoms. The van der Waals surface area contributed by atoms with E-state index in [-0.39, 0.29) is 5.75 Å². The number of rotatable bonds is 2. The largest absolute Gasteiger partial charge is 0.384 e. The molecule has 14 heavy (non-hydrogen) atoms. The van der Waals surface area contributed by atoms with Gasteiger partial charge in [-0.25, -0.2) is 13.4 Å². The molecule has 1 fully saturated rings. The van der Waals surface area contributed by atoms with Gasteiger partial charge in [-0.1, -0.05) is 0 Å². The minimum Gasteiger partial charge on any atom is -0.384 e. The van der Waals surface area contributed by atoms with Crippen LogP contribution in [0.4, 0.5) is 5.82 Å². The van der Waals surface area contributed by atoms with Gasteiger partial charge in [-0.15, -0.1) is 0 Å². The second-order valence-corrected chi connectivity index (χ2v) is 5.33. The number of pyridine rings is 1. The maximum Gasteiger partial charge on any atom is 0.215 e. The Kier molecular flexibility index (Phi) is 2.16. The van der Waals surface area contributed by atoms with E-state index in [1.54, 1.807) is 18.3 Å². The fourth-order valence-electron chi connectivity index (χ4n) is 1.34. The average molecular weight is 213 g/mol. The van der Waals surface area contributed by atoms with E-state index in [0.717, 1.165) is 5.56 Å². The first-order valence-electron chi connectivity index (χ1n) is 4.26. The van der Waals surface area contributed by atoms with Crippen LogP contribution in [-0.2, 0) is 16.6 Å². The molecule has 2 rings (SSSR count). The van der Waals surface area contributed by atoms with Gasteiger partial charge in [0.15, 0.2) is 0 Å². The van der Waals surface area contributed by atoms with E-state index in [1.807, 2.05) is 0 Å². The molecule has 0 saturated carbocycles. The van der Waals surface area contributed by atoms with Crippen LogP contribution < -0.4 is 5.73 Å². The van der Waals surface area contributed by atoms with Crippen LogP contribution in [0.2, 0.25) is 0 Å². The highest BCUT2D eigenvalue weighted by Crippen LogP contribution is 2.17. The number of hydrogen-bond donors (Lipinski definition) is 1. The summed E-state index contributed by atoms with van der Waals surface area (Å²) >= 11 is 0. The third kappa shape index (κ3) is 1.71. The van der Waals surface area contributed by atoms with Crippen LogP contribution >= 0.6 is 0 Å². The molecule has 0 amide bonds. The smallest absolute Gasteiger partial charge is 0.215 e. The highest BCUT2D eigenvalue weighted by molar-refractivity contribution is 7.90. The standard InChI is InChI=1S/C8H11N3O2S/c9-8-5-7(1-2-10-8)6-11-3-4-14(11,12)13/h1-2,5H,3-4,6H2,(H2,9,10). The lowest BCUT2D eigenvalue weighted by Gasteiger charge is -2.30. The summed E-state index contributed by atoms with van der Waals surface area (Å²) in [4.78, 5) is 3.84. The summed E-state index contributed by atoms with van der Waals surface area (Å²) in [6.45, 7) is 1.000. The molecule has 0 unspecified atom stereocenters. The molecule has 76 valence electrons. The summed E-state index contributed by atoms with van der Waals surface area (Å²) in [6, 6.07) is 3.46. The van der Waals surface area contributed by atoms with Gasteiger partial charge < -0.3 is 5.73 Å². The Morgan fingerprint density at radius 3 is 2.86 bits per heavy atom. The van der Waals surface area contributed by atoms with Gasteiger partial charge in [0, 0.05) is 19.3 Å². The predicted molar refractivity (Wildman–Crippen MR) is 52.8 cm³/mol. The number of nitrogens with two attached hydrogens (primary N) is 1. The van der Waals surface area contributed by atoms with Crippen molar-refractivity contribution in [2.45, 2.75) is 6.54 Å². The van der Waals surface area contributed by atoms with Gasteiger partial charge in [0.05, 0.1) is 5.75 Å². The summed E-state index contributed by atoms with van der Waals surface area (Å²) in [6.07, 6.45) is 1.58. The van der Waals surface area contributed by atoms with Gasteiger partial charge in [0.1, 0.15) is 5.82 Å². The Balaban J connectivity index is 2.12. The molecule has 2 N–H and O–H groups in total. The highest BCUT2D eigenvalue weighted by Gasteiger charge is 2.31. The lowest BCUT2D eigenvalue weighted by atomic mass is 10.2. The van der Waals surface area contributed by atoms with E-state index in [1.165, 1.54) is 4.31 Å². The van der Waals surface area contributed by atoms with Gasteiger partial charge in [-0.2, -0.15) is 4.31 Å². The fourth-order valence-corrected chi connectivity index (χ4v) is 2.43. The third-order valence-electron chi connectivity index (χ3n) is 2.20. The lowest BCUT2D eigenvalue weighted by molar-refractivity contribution is 0.379. The van der Waals surface area contributed by atoms with Gasteiger partial charge in [0.2, 0.25) is 10.0 Å². The molecule has 1 aromatic rings. The average Bonchev–Trinajstić information content (AvgIpc) is 2.13. The molecule has 0 aliphatic carbocycles. The zero-order valence-electron chi connectivity index (χ0n) is 7.55. The van der Waals surface area contributed by atoms with Crippen LogP contribution in [0.15, 0.2) is 18.3 Å². The third-order valence-corrected chi connectivity index (χ3v) is 3.99. The second kappa shape index (κ2) is 3.21. The molecule has 0 atom stereocenters. The number of aromatic nitrogens is 1. The molecular weight excluding hydrogens is 202 g/mol. The molecule has 1 aliphatic heterocycles. The van der Waals surface area contributed by atoms with Crippen molar-refractivity contribution in [2.24, 2.45) is 0 Å². The van der Waals surface area contributed by atoms with Crippen molar-refractivity contribution < 1.29 is 8.42 Å². The molecule has 0 spiro atoms. The topological polar surface area (TPSA) is 76.3 Å². The maximum absolute atomic E-state index is 11.2. The fraction of sp³-hybridized carbons (Fsp3) is 0.375. The molecule has 1 aliphatic rings. The van der Waals surface area contributed by atoms with Gasteiger partial charge in [-0.05, 0) is 17.7 Å². The second-order valence-electron chi connectivity index (χ2n) is 3.24. The summed E-state index contributed by atoms with van der Waals surface area (Å²) in [7, 11) is -2.96. The Morgan fingerprint density at radius 1 is 1.57 bits per heavy atom. The van der Waals surface area contributed by atoms with Crippen LogP contribution in [0.1, 0.15) is 5.56 Å². The van der Waals surface area contributed by atoms with Crippen molar-refractivity contribution in [3.8, 4) is 0 Å². The molecule has 1 aromatic heterocycles. The number of nitrogens with zero attached hydrogens (tertiary/aromatic N) is 2. The number of nitrogen functional groups attached to an aromatic ring is 1. The maximum atomic E-state index is 11.2. The molecule has 2 heterocycles. The van der Waals surface area contributed by atoms with E-state index in [0.29, 0.717) is 18.9 Å². The summed E-state index contributed by atoms with van der Waals surface area (Å²) in [5.74, 6) is 0.675. The first-order valence-corrected chi connectivity index (χ1v) is 5.87. The Morgan fingerprint density at radius 2 is 2.36 bits per heavy atom. The van der Waals surface area contributed by atoms with Crippen LogP contribution in [0, 0.1) is 0 Å². The Labute approximate surface area is 82.6 Å². The molecule has 1 saturated heterocycles. The van der Waals surface area contributed by atoms with Crippen LogP contribution in [-0.4, -0.2) is 30.0 Å². The van der Waals surface area contributed by atoms with Crippen molar-refractivity contribution in [3.05, 3.63) is 23.9 Å². The van der Waals surface area contributed by atoms with Crippen molar-refractivity contribution >= 4 is 15.8 Å². The lowest BCUT2D eigenvalue weighted by Crippen LogP contribution is -2.46. The monoisotopic (exact) mass is 213 g/mol. The minimum absolute atomic E-state index is 0.258.